The Morgan fingerprint density at radius 1 is 0.600 bits per heavy atom. The Balaban J connectivity index is 0. The molecule has 0 rings (SSSR count). The first kappa shape index (κ1) is 855. The van der Waals surface area contributed by atoms with Crippen LogP contribution >= 0.6 is 0 Å². The third-order valence-electron chi connectivity index (χ3n) is 0. The molecule has 0 aliphatic heterocycles. The average Bonchev–Trinajstić information content (AvgIpc) is 0. The van der Waals surface area contributed by atoms with E-state index in [4.69, 9.17) is 0 Å². The van der Waals surface area contributed by atoms with Gasteiger partial charge < -0.3 is 9.41 Å². The third kappa shape index (κ3) is 202. The Hall–Kier alpha value is 0.343. The third-order valence-corrected chi connectivity index (χ3v) is 0. The molecule has 0 atom stereocenters. The minimum absolute atomic E-state index is 0. The largest absolute Gasteiger partial charge is 2.00 e. The van der Waals surface area contributed by atoms with Crippen molar-refractivity contribution >= 4 is 0 Å². The van der Waals surface area contributed by atoms with E-state index in [9.17, 15) is 0 Å². The van der Waals surface area contributed by atoms with Crippen molar-refractivity contribution < 1.29 is 38.3 Å². The van der Waals surface area contributed by atoms with Crippen molar-refractivity contribution in [1.82, 2.24) is 0 Å². The van der Waals surface area contributed by atoms with E-state index >= 15 is 0 Å². The van der Waals surface area contributed by atoms with E-state index in [0.717, 1.165) is 0 Å². The zero-order valence-electron chi connectivity index (χ0n) is 2.28. The first-order chi connectivity index (χ1) is 0. The second-order valence-electron chi connectivity index (χ2n) is 0. The maximum atomic E-state index is 0. The van der Waals surface area contributed by atoms with Gasteiger partial charge in [-0.1, -0.05) is 0 Å². The topological polar surface area (TPSA) is 0 Å². The molecule has 0 heterocycles. The molecule has 0 saturated heterocycles. The van der Waals surface area contributed by atoms with Crippen LogP contribution in [0.4, 0.5) is 9.41 Å². The second-order valence-corrected chi connectivity index (χ2v) is 0. The monoisotopic (exact) mass is 142 g/mol. The van der Waals surface area contributed by atoms with E-state index in [1.54, 1.807) is 0 Å². The van der Waals surface area contributed by atoms with Gasteiger partial charge in [0.05, 0.1) is 0 Å². The molecule has 0 saturated carbocycles. The van der Waals surface area contributed by atoms with E-state index < -0.39 is 0 Å². The van der Waals surface area contributed by atoms with Crippen molar-refractivity contribution in [2.24, 2.45) is 0 Å². The minimum Gasteiger partial charge on any atom is -1.00 e. The van der Waals surface area contributed by atoms with Crippen molar-refractivity contribution in [3.8, 4) is 0 Å². The first-order valence-electron chi connectivity index (χ1n) is 0. The molecular weight excluding hydrogens is 141 g/mol. The maximum Gasteiger partial charge on any atom is 2.00 e. The summed E-state index contributed by atoms with van der Waals surface area (Å²) in [5.41, 5.74) is 0. The fraction of sp³-hybridized carbons (Fsp3) is 0. The summed E-state index contributed by atoms with van der Waals surface area (Å²) in [6.45, 7) is 0. The van der Waals surface area contributed by atoms with Crippen LogP contribution in [0.2, 0.25) is 0 Å². The Morgan fingerprint density at radius 3 is 0.600 bits per heavy atom. The van der Waals surface area contributed by atoms with Gasteiger partial charge in [-0.15, -0.1) is 0 Å². The van der Waals surface area contributed by atoms with Gasteiger partial charge in [0.15, 0.2) is 0 Å². The predicted octanol–water partition coefficient (Wildman–Crippen LogP) is -5.69. The zero-order valence-corrected chi connectivity index (χ0v) is 5.25. The maximum absolute atomic E-state index is 0. The summed E-state index contributed by atoms with van der Waals surface area (Å²) >= 11 is 0. The zero-order chi connectivity index (χ0) is 0. The van der Waals surface area contributed by atoms with E-state index in [0.29, 0.717) is 0 Å². The van der Waals surface area contributed by atoms with Gasteiger partial charge in [0.25, 0.3) is 0 Å². The molecule has 0 spiro atoms. The Kier molecular flexibility index (Phi) is 70400. The Bertz CT molecular complexity index is 3.61. The van der Waals surface area contributed by atoms with E-state index in [1.165, 1.54) is 0 Å². The SMILES string of the molecule is F.F.[F-].[F-].[Zn+2]. The van der Waals surface area contributed by atoms with Crippen molar-refractivity contribution in [1.29, 1.82) is 0 Å². The van der Waals surface area contributed by atoms with Gasteiger partial charge in [0.2, 0.25) is 0 Å². The fourth-order valence-electron chi connectivity index (χ4n) is 0. The van der Waals surface area contributed by atoms with Crippen LogP contribution in [0, 0.1) is 0 Å². The van der Waals surface area contributed by atoms with Crippen LogP contribution in [0.1, 0.15) is 0 Å². The van der Waals surface area contributed by atoms with Crippen LogP contribution in [-0.4, -0.2) is 0 Å². The quantitative estimate of drug-likeness (QED) is 0.234. The van der Waals surface area contributed by atoms with Crippen molar-refractivity contribution in [3.63, 3.8) is 0 Å². The smallest absolute Gasteiger partial charge is 1.00 e. The molecule has 0 aliphatic rings. The molecule has 0 aromatic heterocycles. The average molecular weight is 143 g/mol. The molecule has 0 aliphatic carbocycles. The molecule has 0 radical (unpaired) electrons. The van der Waals surface area contributed by atoms with Crippen LogP contribution in [0.25, 0.3) is 0 Å². The minimum atomic E-state index is 0. The second kappa shape index (κ2) is 412. The van der Waals surface area contributed by atoms with Crippen LogP contribution in [0.15, 0.2) is 0 Å². The molecule has 0 nitrogen and oxygen atoms in total. The summed E-state index contributed by atoms with van der Waals surface area (Å²) in [5.74, 6) is 0. The molecule has 0 aromatic carbocycles. The van der Waals surface area contributed by atoms with Gasteiger partial charge in [-0.25, -0.2) is 0 Å². The summed E-state index contributed by atoms with van der Waals surface area (Å²) in [5, 5.41) is 0. The molecular formula is H2F4Zn. The van der Waals surface area contributed by atoms with E-state index in [-0.39, 0.29) is 38.3 Å². The van der Waals surface area contributed by atoms with Gasteiger partial charge in [0.1, 0.15) is 0 Å². The summed E-state index contributed by atoms with van der Waals surface area (Å²) in [7, 11) is 0. The molecule has 0 N–H and O–H groups in total. The van der Waals surface area contributed by atoms with E-state index in [1.807, 2.05) is 0 Å². The summed E-state index contributed by atoms with van der Waals surface area (Å²) in [6.07, 6.45) is 0. The van der Waals surface area contributed by atoms with Gasteiger partial charge in [-0.05, 0) is 0 Å². The summed E-state index contributed by atoms with van der Waals surface area (Å²) < 4.78 is 0. The Labute approximate surface area is 39.2 Å². The van der Waals surface area contributed by atoms with Crippen LogP contribution in [-0.2, 0) is 19.5 Å². The van der Waals surface area contributed by atoms with Crippen LogP contribution in [0.3, 0.4) is 0 Å². The van der Waals surface area contributed by atoms with Gasteiger partial charge in [-0.3, -0.25) is 9.41 Å². The van der Waals surface area contributed by atoms with Crippen molar-refractivity contribution in [2.45, 2.75) is 0 Å². The molecule has 0 unspecified atom stereocenters. The van der Waals surface area contributed by atoms with Gasteiger partial charge in [0, 0.05) is 0 Å². The molecule has 0 amide bonds. The molecule has 0 aromatic rings. The molecule has 0 bridgehead atoms. The first-order valence-corrected chi connectivity index (χ1v) is 0. The number of halogens is 4. The number of hydrogen-bond acceptors (Lipinski definition) is 0. The van der Waals surface area contributed by atoms with Gasteiger partial charge >= 0.3 is 19.5 Å². The summed E-state index contributed by atoms with van der Waals surface area (Å²) in [6, 6.07) is 0. The number of hydrogen-bond donors (Lipinski definition) is 0. The summed E-state index contributed by atoms with van der Waals surface area (Å²) in [4.78, 5) is 0. The predicted molar refractivity (Wildman–Crippen MR) is 5.01 cm³/mol. The van der Waals surface area contributed by atoms with E-state index in [2.05, 4.69) is 0 Å². The normalized spacial score (nSPS) is 0. The van der Waals surface area contributed by atoms with Crippen molar-refractivity contribution in [3.05, 3.63) is 0 Å². The standard InChI is InChI=1S/4FH.Zn/h4*1H;/q;;;;+2/p-2. The molecule has 0 fully saturated rings. The van der Waals surface area contributed by atoms with Gasteiger partial charge in [-0.2, -0.15) is 0 Å². The number of rotatable bonds is 0. The molecule has 5 heteroatoms. The van der Waals surface area contributed by atoms with Crippen molar-refractivity contribution in [2.75, 3.05) is 0 Å². The fourth-order valence-corrected chi connectivity index (χ4v) is 0. The molecule has 32 valence electrons. The Morgan fingerprint density at radius 2 is 0.600 bits per heavy atom. The van der Waals surface area contributed by atoms with Crippen LogP contribution in [0.5, 0.6) is 0 Å². The molecule has 5 heavy (non-hydrogen) atoms. The van der Waals surface area contributed by atoms with Crippen LogP contribution < -0.4 is 9.41 Å².